The molecular weight excluding hydrogens is 198 g/mol. The number of nitro groups is 1. The average molecular weight is 207 g/mol. The lowest BCUT2D eigenvalue weighted by Crippen LogP contribution is -2.05. The molecule has 1 aromatic rings. The van der Waals surface area contributed by atoms with Crippen molar-refractivity contribution >= 4 is 23.4 Å². The van der Waals surface area contributed by atoms with Crippen LogP contribution in [0.15, 0.2) is 24.3 Å². The Morgan fingerprint density at radius 2 is 2.13 bits per heavy atom. The molecule has 0 saturated carbocycles. The monoisotopic (exact) mass is 207 g/mol. The number of carbonyl (C=O) groups is 1. The standard InChI is InChI=1S/C9H9N3O3/c10-7-3-1-6(2-4-9(11)13)8(5-7)12(14)15/h1-5H,10H2,(H2,11,13). The van der Waals surface area contributed by atoms with E-state index in [1.165, 1.54) is 24.3 Å². The average Bonchev–Trinajstić information content (AvgIpc) is 2.15. The van der Waals surface area contributed by atoms with Gasteiger partial charge in [0.15, 0.2) is 0 Å². The number of nitrogen functional groups attached to an aromatic ring is 1. The number of nitro benzene ring substituents is 1. The summed E-state index contributed by atoms with van der Waals surface area (Å²) in [5, 5.41) is 10.6. The molecule has 0 aliphatic rings. The largest absolute Gasteiger partial charge is 0.399 e. The van der Waals surface area contributed by atoms with Crippen molar-refractivity contribution in [1.29, 1.82) is 0 Å². The molecule has 0 aliphatic heterocycles. The number of nitrogens with two attached hydrogens (primary N) is 2. The number of nitrogens with zero attached hydrogens (tertiary/aromatic N) is 1. The number of anilines is 1. The molecule has 0 aromatic heterocycles. The van der Waals surface area contributed by atoms with Gasteiger partial charge in [-0.1, -0.05) is 0 Å². The van der Waals surface area contributed by atoms with Crippen molar-refractivity contribution < 1.29 is 9.72 Å². The van der Waals surface area contributed by atoms with Crippen LogP contribution in [0.5, 0.6) is 0 Å². The Bertz CT molecular complexity index is 440. The van der Waals surface area contributed by atoms with Crippen LogP contribution < -0.4 is 11.5 Å². The highest BCUT2D eigenvalue weighted by Gasteiger charge is 2.11. The van der Waals surface area contributed by atoms with E-state index in [1.807, 2.05) is 0 Å². The van der Waals surface area contributed by atoms with Gasteiger partial charge in [-0.15, -0.1) is 0 Å². The Morgan fingerprint density at radius 3 is 2.67 bits per heavy atom. The van der Waals surface area contributed by atoms with Crippen LogP contribution >= 0.6 is 0 Å². The van der Waals surface area contributed by atoms with Crippen LogP contribution in [0, 0.1) is 10.1 Å². The quantitative estimate of drug-likeness (QED) is 0.328. The van der Waals surface area contributed by atoms with Gasteiger partial charge < -0.3 is 11.5 Å². The van der Waals surface area contributed by atoms with Gasteiger partial charge in [0.25, 0.3) is 5.69 Å². The predicted molar refractivity (Wildman–Crippen MR) is 55.7 cm³/mol. The minimum atomic E-state index is -0.666. The Balaban J connectivity index is 3.17. The zero-order chi connectivity index (χ0) is 11.4. The molecule has 0 fully saturated rings. The molecule has 15 heavy (non-hydrogen) atoms. The third kappa shape index (κ3) is 2.80. The smallest absolute Gasteiger partial charge is 0.278 e. The predicted octanol–water partition coefficient (Wildman–Crippen LogP) is 0.675. The van der Waals surface area contributed by atoms with E-state index in [-0.39, 0.29) is 16.9 Å². The summed E-state index contributed by atoms with van der Waals surface area (Å²) >= 11 is 0. The molecule has 0 heterocycles. The molecule has 0 unspecified atom stereocenters. The fourth-order valence-corrected chi connectivity index (χ4v) is 1.03. The lowest BCUT2D eigenvalue weighted by Gasteiger charge is -1.98. The van der Waals surface area contributed by atoms with Crippen LogP contribution in [-0.2, 0) is 4.79 Å². The van der Waals surface area contributed by atoms with Crippen molar-refractivity contribution in [2.24, 2.45) is 5.73 Å². The van der Waals surface area contributed by atoms with Crippen LogP contribution in [0.25, 0.3) is 6.08 Å². The molecule has 0 atom stereocenters. The summed E-state index contributed by atoms with van der Waals surface area (Å²) in [4.78, 5) is 20.5. The number of carbonyl (C=O) groups excluding carboxylic acids is 1. The number of primary amides is 1. The van der Waals surface area contributed by atoms with Gasteiger partial charge in [0.1, 0.15) is 0 Å². The highest BCUT2D eigenvalue weighted by Crippen LogP contribution is 2.22. The van der Waals surface area contributed by atoms with Crippen molar-refractivity contribution in [2.45, 2.75) is 0 Å². The first kappa shape index (κ1) is 10.7. The van der Waals surface area contributed by atoms with Crippen LogP contribution in [0.4, 0.5) is 11.4 Å². The maximum atomic E-state index is 10.6. The van der Waals surface area contributed by atoms with E-state index in [1.54, 1.807) is 0 Å². The summed E-state index contributed by atoms with van der Waals surface area (Å²) in [5.74, 6) is -0.666. The van der Waals surface area contributed by atoms with Crippen molar-refractivity contribution in [2.75, 3.05) is 5.73 Å². The highest BCUT2D eigenvalue weighted by molar-refractivity contribution is 5.91. The van der Waals surface area contributed by atoms with E-state index in [2.05, 4.69) is 0 Å². The molecule has 0 aliphatic carbocycles. The van der Waals surface area contributed by atoms with Crippen LogP contribution in [0.3, 0.4) is 0 Å². The zero-order valence-corrected chi connectivity index (χ0v) is 7.71. The molecule has 1 rings (SSSR count). The minimum absolute atomic E-state index is 0.160. The maximum Gasteiger partial charge on any atom is 0.278 e. The number of hydrogen-bond acceptors (Lipinski definition) is 4. The van der Waals surface area contributed by atoms with Crippen molar-refractivity contribution in [3.8, 4) is 0 Å². The van der Waals surface area contributed by atoms with Gasteiger partial charge in [-0.25, -0.2) is 0 Å². The Labute approximate surface area is 85.3 Å². The highest BCUT2D eigenvalue weighted by atomic mass is 16.6. The lowest BCUT2D eigenvalue weighted by atomic mass is 10.1. The van der Waals surface area contributed by atoms with Gasteiger partial charge in [0.05, 0.1) is 10.5 Å². The first-order valence-electron chi connectivity index (χ1n) is 4.02. The van der Waals surface area contributed by atoms with Crippen LogP contribution in [0.1, 0.15) is 5.56 Å². The lowest BCUT2D eigenvalue weighted by molar-refractivity contribution is -0.385. The molecular formula is C9H9N3O3. The SMILES string of the molecule is NC(=O)C=Cc1ccc(N)cc1[N+](=O)[O-]. The first-order valence-corrected chi connectivity index (χ1v) is 4.02. The Kier molecular flexibility index (Phi) is 3.02. The molecule has 0 radical (unpaired) electrons. The molecule has 0 bridgehead atoms. The normalized spacial score (nSPS) is 10.4. The number of amides is 1. The van der Waals surface area contributed by atoms with Gasteiger partial charge >= 0.3 is 0 Å². The number of hydrogen-bond donors (Lipinski definition) is 2. The molecule has 0 saturated heterocycles. The van der Waals surface area contributed by atoms with Crippen molar-refractivity contribution in [3.63, 3.8) is 0 Å². The number of benzene rings is 1. The van der Waals surface area contributed by atoms with Gasteiger partial charge in [-0.05, 0) is 18.2 Å². The van der Waals surface area contributed by atoms with E-state index < -0.39 is 10.8 Å². The van der Waals surface area contributed by atoms with Gasteiger partial charge in [0.2, 0.25) is 5.91 Å². The topological polar surface area (TPSA) is 112 Å². The number of rotatable bonds is 3. The van der Waals surface area contributed by atoms with Crippen LogP contribution in [-0.4, -0.2) is 10.8 Å². The molecule has 6 nitrogen and oxygen atoms in total. The second-order valence-corrected chi connectivity index (χ2v) is 2.81. The molecule has 0 spiro atoms. The minimum Gasteiger partial charge on any atom is -0.399 e. The Hall–Kier alpha value is -2.37. The first-order chi connectivity index (χ1) is 7.00. The van der Waals surface area contributed by atoms with Gasteiger partial charge in [-0.2, -0.15) is 0 Å². The van der Waals surface area contributed by atoms with E-state index in [0.717, 1.165) is 6.08 Å². The van der Waals surface area contributed by atoms with E-state index in [0.29, 0.717) is 0 Å². The summed E-state index contributed by atoms with van der Waals surface area (Å²) in [7, 11) is 0. The third-order valence-electron chi connectivity index (χ3n) is 1.68. The maximum absolute atomic E-state index is 10.6. The summed E-state index contributed by atoms with van der Waals surface area (Å²) in [5.41, 5.74) is 10.7. The molecule has 78 valence electrons. The van der Waals surface area contributed by atoms with E-state index >= 15 is 0 Å². The second kappa shape index (κ2) is 4.23. The third-order valence-corrected chi connectivity index (χ3v) is 1.68. The van der Waals surface area contributed by atoms with E-state index in [4.69, 9.17) is 11.5 Å². The fraction of sp³-hybridized carbons (Fsp3) is 0. The van der Waals surface area contributed by atoms with Crippen LogP contribution in [0.2, 0.25) is 0 Å². The fourth-order valence-electron chi connectivity index (χ4n) is 1.03. The van der Waals surface area contributed by atoms with E-state index in [9.17, 15) is 14.9 Å². The summed E-state index contributed by atoms with van der Waals surface area (Å²) in [6.07, 6.45) is 2.33. The molecule has 4 N–H and O–H groups in total. The summed E-state index contributed by atoms with van der Waals surface area (Å²) in [6.45, 7) is 0. The summed E-state index contributed by atoms with van der Waals surface area (Å²) in [6, 6.07) is 4.18. The molecule has 1 amide bonds. The molecule has 6 heteroatoms. The van der Waals surface area contributed by atoms with Gasteiger partial charge in [-0.3, -0.25) is 14.9 Å². The zero-order valence-electron chi connectivity index (χ0n) is 7.71. The van der Waals surface area contributed by atoms with Crippen molar-refractivity contribution in [1.82, 2.24) is 0 Å². The summed E-state index contributed by atoms with van der Waals surface area (Å²) < 4.78 is 0. The van der Waals surface area contributed by atoms with Gasteiger partial charge in [0, 0.05) is 17.8 Å². The molecule has 1 aromatic carbocycles. The Morgan fingerprint density at radius 1 is 1.47 bits per heavy atom. The second-order valence-electron chi connectivity index (χ2n) is 2.81. The van der Waals surface area contributed by atoms with Crippen molar-refractivity contribution in [3.05, 3.63) is 40.0 Å².